The van der Waals surface area contributed by atoms with Crippen LogP contribution in [0.5, 0.6) is 0 Å². The van der Waals surface area contributed by atoms with E-state index in [0.717, 1.165) is 24.2 Å². The maximum absolute atomic E-state index is 12.0. The zero-order valence-corrected chi connectivity index (χ0v) is 21.0. The fourth-order valence-corrected chi connectivity index (χ4v) is 3.82. The number of anilines is 3. The predicted molar refractivity (Wildman–Crippen MR) is 133 cm³/mol. The van der Waals surface area contributed by atoms with Gasteiger partial charge in [0.1, 0.15) is 6.33 Å². The number of aromatic nitrogens is 6. The number of carbonyl (C=O) groups excluding carboxylic acids is 2. The van der Waals surface area contributed by atoms with Gasteiger partial charge in [0, 0.05) is 25.0 Å². The summed E-state index contributed by atoms with van der Waals surface area (Å²) in [4.78, 5) is 48.0. The molecule has 0 radical (unpaired) electrons. The van der Waals surface area contributed by atoms with Crippen molar-refractivity contribution in [3.05, 3.63) is 53.9 Å². The van der Waals surface area contributed by atoms with Gasteiger partial charge in [-0.25, -0.2) is 39.5 Å². The van der Waals surface area contributed by atoms with Crippen molar-refractivity contribution in [2.24, 2.45) is 0 Å². The lowest BCUT2D eigenvalue weighted by atomic mass is 10.1. The number of hydrogen-bond donors (Lipinski definition) is 2. The number of nitrogen functional groups attached to an aromatic ring is 1. The van der Waals surface area contributed by atoms with Crippen LogP contribution in [0.1, 0.15) is 57.0 Å². The lowest BCUT2D eigenvalue weighted by Crippen LogP contribution is -2.13. The average molecular weight is 525 g/mol. The summed E-state index contributed by atoms with van der Waals surface area (Å²) in [6.07, 6.45) is 9.57. The molecule has 0 saturated carbocycles. The van der Waals surface area contributed by atoms with Crippen molar-refractivity contribution in [2.75, 3.05) is 51.7 Å². The summed E-state index contributed by atoms with van der Waals surface area (Å²) in [6, 6.07) is 0. The Balaban J connectivity index is 0.000000186. The number of rotatable bonds is 6. The van der Waals surface area contributed by atoms with E-state index in [-0.39, 0.29) is 29.0 Å². The van der Waals surface area contributed by atoms with Crippen LogP contribution in [-0.4, -0.2) is 82.5 Å². The van der Waals surface area contributed by atoms with Gasteiger partial charge >= 0.3 is 11.9 Å². The molecule has 200 valence electrons. The van der Waals surface area contributed by atoms with Gasteiger partial charge in [0.2, 0.25) is 0 Å². The van der Waals surface area contributed by atoms with Crippen LogP contribution in [-0.2, 0) is 18.9 Å². The van der Waals surface area contributed by atoms with Crippen molar-refractivity contribution in [2.45, 2.75) is 24.7 Å². The monoisotopic (exact) mass is 524 g/mol. The van der Waals surface area contributed by atoms with Crippen molar-refractivity contribution < 1.29 is 28.5 Å². The van der Waals surface area contributed by atoms with Crippen LogP contribution in [0.3, 0.4) is 0 Å². The molecule has 2 aliphatic rings. The second kappa shape index (κ2) is 12.8. The first-order valence-electron chi connectivity index (χ1n) is 11.8. The van der Waals surface area contributed by atoms with Gasteiger partial charge in [0.25, 0.3) is 0 Å². The molecule has 3 aromatic rings. The molecule has 2 saturated heterocycles. The van der Waals surface area contributed by atoms with E-state index < -0.39 is 11.9 Å². The van der Waals surface area contributed by atoms with E-state index in [4.69, 9.17) is 19.9 Å². The number of ether oxygens (including phenoxy) is 4. The quantitative estimate of drug-likeness (QED) is 0.443. The van der Waals surface area contributed by atoms with E-state index in [1.165, 1.54) is 20.5 Å². The van der Waals surface area contributed by atoms with Crippen LogP contribution in [0.4, 0.5) is 17.3 Å². The van der Waals surface area contributed by atoms with E-state index in [0.29, 0.717) is 37.9 Å². The Hall–Kier alpha value is -4.30. The van der Waals surface area contributed by atoms with Crippen molar-refractivity contribution >= 4 is 29.3 Å². The van der Waals surface area contributed by atoms with Crippen molar-refractivity contribution in [1.29, 1.82) is 0 Å². The van der Waals surface area contributed by atoms with Gasteiger partial charge in [-0.05, 0) is 12.8 Å². The summed E-state index contributed by atoms with van der Waals surface area (Å²) in [7, 11) is 2.60. The second-order valence-corrected chi connectivity index (χ2v) is 8.38. The summed E-state index contributed by atoms with van der Waals surface area (Å²) >= 11 is 0. The first-order chi connectivity index (χ1) is 18.5. The van der Waals surface area contributed by atoms with E-state index in [9.17, 15) is 9.59 Å². The molecule has 0 amide bonds. The first-order valence-corrected chi connectivity index (χ1v) is 11.8. The van der Waals surface area contributed by atoms with Gasteiger partial charge in [-0.3, -0.25) is 0 Å². The highest BCUT2D eigenvalue weighted by molar-refractivity contribution is 5.93. The van der Waals surface area contributed by atoms with Crippen LogP contribution < -0.4 is 11.1 Å². The standard InChI is InChI=1S/C14H15N5O3.C10H13N3O3/c1-21-14(20)12-13(18-10-4-15-8-16-5-10)17-6-11(19-12)9-2-3-22-7-9;1-15-10(14)8-9(11)12-4-7(13-8)6-2-3-16-5-6/h4-6,8-9H,2-3,7H2,1H3,(H,17,18);4,6H,2-3,5H2,1H3,(H2,11,12). The van der Waals surface area contributed by atoms with Crippen LogP contribution in [0.2, 0.25) is 0 Å². The maximum atomic E-state index is 12.0. The fraction of sp³-hybridized carbons (Fsp3) is 0.417. The Morgan fingerprint density at radius 2 is 1.42 bits per heavy atom. The summed E-state index contributed by atoms with van der Waals surface area (Å²) in [5.74, 6) is -0.362. The molecular weight excluding hydrogens is 496 g/mol. The normalized spacial score (nSPS) is 18.3. The molecule has 2 unspecified atom stereocenters. The minimum atomic E-state index is -0.564. The molecular formula is C24H28N8O6. The molecule has 0 aliphatic carbocycles. The fourth-order valence-electron chi connectivity index (χ4n) is 3.82. The molecule has 14 nitrogen and oxygen atoms in total. The third-order valence-electron chi connectivity index (χ3n) is 5.89. The van der Waals surface area contributed by atoms with Crippen LogP contribution >= 0.6 is 0 Å². The van der Waals surface area contributed by atoms with Crippen molar-refractivity contribution in [1.82, 2.24) is 29.9 Å². The van der Waals surface area contributed by atoms with E-state index in [1.54, 1.807) is 24.8 Å². The predicted octanol–water partition coefficient (Wildman–Crippen LogP) is 1.65. The molecule has 3 N–H and O–H groups in total. The lowest BCUT2D eigenvalue weighted by Gasteiger charge is -2.12. The molecule has 0 spiro atoms. The smallest absolute Gasteiger partial charge is 0.360 e. The highest BCUT2D eigenvalue weighted by Crippen LogP contribution is 2.26. The molecule has 0 aromatic carbocycles. The lowest BCUT2D eigenvalue weighted by molar-refractivity contribution is 0.0585. The van der Waals surface area contributed by atoms with E-state index in [2.05, 4.69) is 40.0 Å². The van der Waals surface area contributed by atoms with Gasteiger partial charge in [-0.2, -0.15) is 0 Å². The first kappa shape index (κ1) is 26.8. The van der Waals surface area contributed by atoms with Gasteiger partial charge in [-0.15, -0.1) is 0 Å². The third-order valence-corrected chi connectivity index (χ3v) is 5.89. The highest BCUT2D eigenvalue weighted by atomic mass is 16.5. The molecule has 2 fully saturated rings. The summed E-state index contributed by atoms with van der Waals surface area (Å²) in [5.41, 5.74) is 7.84. The maximum Gasteiger partial charge on any atom is 0.360 e. The number of methoxy groups -OCH3 is 2. The Kier molecular flexibility index (Phi) is 9.00. The van der Waals surface area contributed by atoms with Gasteiger partial charge < -0.3 is 30.0 Å². The highest BCUT2D eigenvalue weighted by Gasteiger charge is 2.24. The van der Waals surface area contributed by atoms with Gasteiger partial charge in [-0.1, -0.05) is 0 Å². The number of carbonyl (C=O) groups is 2. The average Bonchev–Trinajstić information content (AvgIpc) is 3.69. The molecule has 3 aromatic heterocycles. The zero-order chi connectivity index (χ0) is 26.9. The molecule has 38 heavy (non-hydrogen) atoms. The minimum Gasteiger partial charge on any atom is -0.464 e. The second-order valence-electron chi connectivity index (χ2n) is 8.38. The number of nitrogens with two attached hydrogens (primary N) is 1. The largest absolute Gasteiger partial charge is 0.464 e. The van der Waals surface area contributed by atoms with Gasteiger partial charge in [0.05, 0.1) is 69.3 Å². The summed E-state index contributed by atoms with van der Waals surface area (Å²) < 4.78 is 20.0. The number of nitrogens with zero attached hydrogens (tertiary/aromatic N) is 6. The van der Waals surface area contributed by atoms with Crippen LogP contribution in [0, 0.1) is 0 Å². The Morgan fingerprint density at radius 3 is 1.97 bits per heavy atom. The van der Waals surface area contributed by atoms with Crippen molar-refractivity contribution in [3.8, 4) is 0 Å². The Labute approximate surface area is 218 Å². The topological polar surface area (TPSA) is 186 Å². The zero-order valence-electron chi connectivity index (χ0n) is 21.0. The molecule has 5 heterocycles. The van der Waals surface area contributed by atoms with Crippen LogP contribution in [0.15, 0.2) is 31.1 Å². The number of hydrogen-bond acceptors (Lipinski definition) is 14. The minimum absolute atomic E-state index is 0.0758. The SMILES string of the molecule is COC(=O)c1nc(C2CCOC2)cnc1N.COC(=O)c1nc(C2CCOC2)cnc1Nc1cncnc1. The molecule has 0 bridgehead atoms. The van der Waals surface area contributed by atoms with Crippen LogP contribution in [0.25, 0.3) is 0 Å². The number of esters is 2. The molecule has 14 heteroatoms. The molecule has 2 aliphatic heterocycles. The van der Waals surface area contributed by atoms with E-state index in [1.807, 2.05) is 0 Å². The number of nitrogens with one attached hydrogen (secondary N) is 1. The summed E-state index contributed by atoms with van der Waals surface area (Å²) in [6.45, 7) is 2.61. The Morgan fingerprint density at radius 1 is 0.868 bits per heavy atom. The molecule has 2 atom stereocenters. The van der Waals surface area contributed by atoms with Gasteiger partial charge in [0.15, 0.2) is 23.0 Å². The van der Waals surface area contributed by atoms with E-state index >= 15 is 0 Å². The summed E-state index contributed by atoms with van der Waals surface area (Å²) in [5, 5.41) is 2.97. The van der Waals surface area contributed by atoms with Crippen molar-refractivity contribution in [3.63, 3.8) is 0 Å². The Bertz CT molecular complexity index is 1250. The molecule has 5 rings (SSSR count). The third kappa shape index (κ3) is 6.52.